The topological polar surface area (TPSA) is 85.4 Å². The molecule has 1 amide bonds. The van der Waals surface area contributed by atoms with Gasteiger partial charge >= 0.3 is 0 Å². The number of hydrogen-bond acceptors (Lipinski definition) is 6. The molecular formula is C19H26N4O3. The Hall–Kier alpha value is -2.83. The Morgan fingerprint density at radius 1 is 1.12 bits per heavy atom. The van der Waals surface area contributed by atoms with Crippen LogP contribution in [0.2, 0.25) is 0 Å². The Balaban J connectivity index is 1.76. The molecule has 1 aromatic carbocycles. The van der Waals surface area contributed by atoms with Crippen molar-refractivity contribution in [3.8, 4) is 11.5 Å². The van der Waals surface area contributed by atoms with Gasteiger partial charge in [0.05, 0.1) is 13.7 Å². The molecule has 0 saturated carbocycles. The van der Waals surface area contributed by atoms with Crippen LogP contribution >= 0.6 is 0 Å². The smallest absolute Gasteiger partial charge is 0.270 e. The molecule has 0 aliphatic carbocycles. The zero-order chi connectivity index (χ0) is 18.8. The number of carbonyl (C=O) groups excluding carboxylic acids is 1. The van der Waals surface area contributed by atoms with Crippen molar-refractivity contribution in [3.05, 3.63) is 42.4 Å². The predicted octanol–water partition coefficient (Wildman–Crippen LogP) is 2.75. The summed E-state index contributed by atoms with van der Waals surface area (Å²) in [5.74, 6) is 2.50. The van der Waals surface area contributed by atoms with E-state index in [1.165, 1.54) is 6.33 Å². The number of nitrogens with zero attached hydrogens (tertiary/aromatic N) is 2. The van der Waals surface area contributed by atoms with Crippen molar-refractivity contribution in [1.29, 1.82) is 0 Å². The first-order valence-electron chi connectivity index (χ1n) is 8.69. The molecule has 0 radical (unpaired) electrons. The van der Waals surface area contributed by atoms with E-state index in [-0.39, 0.29) is 5.91 Å². The quantitative estimate of drug-likeness (QED) is 0.635. The lowest BCUT2D eigenvalue weighted by Gasteiger charge is -2.10. The third-order valence-corrected chi connectivity index (χ3v) is 3.64. The van der Waals surface area contributed by atoms with Crippen LogP contribution in [0.5, 0.6) is 11.5 Å². The molecule has 0 bridgehead atoms. The highest BCUT2D eigenvalue weighted by molar-refractivity contribution is 5.92. The van der Waals surface area contributed by atoms with Gasteiger partial charge in [0, 0.05) is 12.6 Å². The van der Waals surface area contributed by atoms with E-state index in [0.29, 0.717) is 37.1 Å². The van der Waals surface area contributed by atoms with Crippen molar-refractivity contribution < 1.29 is 14.3 Å². The van der Waals surface area contributed by atoms with E-state index < -0.39 is 0 Å². The Labute approximate surface area is 154 Å². The van der Waals surface area contributed by atoms with Crippen LogP contribution in [-0.4, -0.2) is 42.7 Å². The molecule has 0 saturated heterocycles. The molecule has 26 heavy (non-hydrogen) atoms. The largest absolute Gasteiger partial charge is 0.497 e. The normalized spacial score (nSPS) is 10.5. The first kappa shape index (κ1) is 19.5. The summed E-state index contributed by atoms with van der Waals surface area (Å²) in [5, 5.41) is 5.99. The summed E-state index contributed by atoms with van der Waals surface area (Å²) in [5.41, 5.74) is 0.349. The van der Waals surface area contributed by atoms with E-state index >= 15 is 0 Å². The number of rotatable bonds is 10. The number of amides is 1. The van der Waals surface area contributed by atoms with Gasteiger partial charge in [-0.15, -0.1) is 0 Å². The summed E-state index contributed by atoms with van der Waals surface area (Å²) in [6, 6.07) is 9.03. The molecule has 140 valence electrons. The summed E-state index contributed by atoms with van der Waals surface area (Å²) in [6.45, 7) is 5.89. The van der Waals surface area contributed by atoms with Gasteiger partial charge in [-0.1, -0.05) is 13.8 Å². The molecule has 1 heterocycles. The van der Waals surface area contributed by atoms with Crippen LogP contribution in [0.3, 0.4) is 0 Å². The number of nitrogens with one attached hydrogen (secondary N) is 2. The molecular weight excluding hydrogens is 332 g/mol. The number of aromatic nitrogens is 2. The lowest BCUT2D eigenvalue weighted by molar-refractivity contribution is 0.0947. The van der Waals surface area contributed by atoms with Crippen LogP contribution in [0.4, 0.5) is 5.82 Å². The number of carbonyl (C=O) groups is 1. The highest BCUT2D eigenvalue weighted by Gasteiger charge is 2.08. The van der Waals surface area contributed by atoms with Crippen LogP contribution in [-0.2, 0) is 0 Å². The van der Waals surface area contributed by atoms with Crippen molar-refractivity contribution in [2.24, 2.45) is 5.92 Å². The molecule has 0 aliphatic rings. The minimum Gasteiger partial charge on any atom is -0.497 e. The van der Waals surface area contributed by atoms with E-state index in [0.717, 1.165) is 17.9 Å². The number of ether oxygens (including phenoxy) is 2. The zero-order valence-corrected chi connectivity index (χ0v) is 15.5. The molecule has 7 nitrogen and oxygen atoms in total. The molecule has 0 unspecified atom stereocenters. The Kier molecular flexibility index (Phi) is 7.67. The monoisotopic (exact) mass is 358 g/mol. The predicted molar refractivity (Wildman–Crippen MR) is 101 cm³/mol. The van der Waals surface area contributed by atoms with E-state index in [1.54, 1.807) is 13.2 Å². The van der Waals surface area contributed by atoms with E-state index in [9.17, 15) is 4.79 Å². The van der Waals surface area contributed by atoms with Crippen LogP contribution < -0.4 is 20.1 Å². The third-order valence-electron chi connectivity index (χ3n) is 3.64. The molecule has 7 heteroatoms. The highest BCUT2D eigenvalue weighted by Crippen LogP contribution is 2.16. The lowest BCUT2D eigenvalue weighted by atomic mass is 10.1. The Morgan fingerprint density at radius 2 is 1.85 bits per heavy atom. The second kappa shape index (κ2) is 10.2. The van der Waals surface area contributed by atoms with E-state index in [4.69, 9.17) is 9.47 Å². The standard InChI is InChI=1S/C19H26N4O3/c1-14(2)8-9-21-19(24)17-12-18(23-13-22-17)20-10-11-26-16-6-4-15(25-3)5-7-16/h4-7,12-14H,8-11H2,1-3H3,(H,21,24)(H,20,22,23). The fraction of sp³-hybridized carbons (Fsp3) is 0.421. The van der Waals surface area contributed by atoms with E-state index in [2.05, 4.69) is 34.4 Å². The van der Waals surface area contributed by atoms with Gasteiger partial charge in [-0.25, -0.2) is 9.97 Å². The van der Waals surface area contributed by atoms with E-state index in [1.807, 2.05) is 24.3 Å². The Morgan fingerprint density at radius 3 is 2.54 bits per heavy atom. The number of anilines is 1. The van der Waals surface area contributed by atoms with Gasteiger partial charge in [0.2, 0.25) is 0 Å². The highest BCUT2D eigenvalue weighted by atomic mass is 16.5. The average molecular weight is 358 g/mol. The lowest BCUT2D eigenvalue weighted by Crippen LogP contribution is -2.26. The van der Waals surface area contributed by atoms with Gasteiger partial charge in [-0.2, -0.15) is 0 Å². The minimum absolute atomic E-state index is 0.189. The summed E-state index contributed by atoms with van der Waals surface area (Å²) in [4.78, 5) is 20.2. The molecule has 0 fully saturated rings. The summed E-state index contributed by atoms with van der Waals surface area (Å²) in [7, 11) is 1.63. The molecule has 2 rings (SSSR count). The van der Waals surface area contributed by atoms with Crippen molar-refractivity contribution in [1.82, 2.24) is 15.3 Å². The number of methoxy groups -OCH3 is 1. The zero-order valence-electron chi connectivity index (χ0n) is 15.5. The summed E-state index contributed by atoms with van der Waals surface area (Å²) in [6.07, 6.45) is 2.31. The molecule has 1 aromatic heterocycles. The average Bonchev–Trinajstić information content (AvgIpc) is 2.65. The van der Waals surface area contributed by atoms with Gasteiger partial charge in [-0.05, 0) is 36.6 Å². The van der Waals surface area contributed by atoms with Gasteiger partial charge in [0.25, 0.3) is 5.91 Å². The number of hydrogen-bond donors (Lipinski definition) is 2. The van der Waals surface area contributed by atoms with Gasteiger partial charge < -0.3 is 20.1 Å². The van der Waals surface area contributed by atoms with Gasteiger partial charge in [-0.3, -0.25) is 4.79 Å². The second-order valence-electron chi connectivity index (χ2n) is 6.18. The molecule has 2 aromatic rings. The summed E-state index contributed by atoms with van der Waals surface area (Å²) < 4.78 is 10.7. The van der Waals surface area contributed by atoms with Crippen molar-refractivity contribution >= 4 is 11.7 Å². The maximum Gasteiger partial charge on any atom is 0.270 e. The van der Waals surface area contributed by atoms with Crippen LogP contribution in [0, 0.1) is 5.92 Å². The number of benzene rings is 1. The van der Waals surface area contributed by atoms with Crippen LogP contribution in [0.15, 0.2) is 36.7 Å². The molecule has 2 N–H and O–H groups in total. The Bertz CT molecular complexity index is 689. The first-order chi connectivity index (χ1) is 12.6. The SMILES string of the molecule is COc1ccc(OCCNc2cc(C(=O)NCCC(C)C)ncn2)cc1. The van der Waals surface area contributed by atoms with Crippen LogP contribution in [0.1, 0.15) is 30.8 Å². The minimum atomic E-state index is -0.189. The van der Waals surface area contributed by atoms with Crippen molar-refractivity contribution in [2.45, 2.75) is 20.3 Å². The summed E-state index contributed by atoms with van der Waals surface area (Å²) >= 11 is 0. The molecule has 0 aliphatic heterocycles. The second-order valence-corrected chi connectivity index (χ2v) is 6.18. The fourth-order valence-corrected chi connectivity index (χ4v) is 2.16. The van der Waals surface area contributed by atoms with Crippen LogP contribution in [0.25, 0.3) is 0 Å². The first-order valence-corrected chi connectivity index (χ1v) is 8.69. The molecule has 0 atom stereocenters. The maximum atomic E-state index is 12.1. The fourth-order valence-electron chi connectivity index (χ4n) is 2.16. The third kappa shape index (κ3) is 6.58. The maximum absolute atomic E-state index is 12.1. The molecule has 0 spiro atoms. The van der Waals surface area contributed by atoms with Gasteiger partial charge in [0.1, 0.15) is 35.9 Å². The van der Waals surface area contributed by atoms with Gasteiger partial charge in [0.15, 0.2) is 0 Å². The van der Waals surface area contributed by atoms with Crippen molar-refractivity contribution in [3.63, 3.8) is 0 Å². The van der Waals surface area contributed by atoms with Crippen molar-refractivity contribution in [2.75, 3.05) is 32.1 Å².